The summed E-state index contributed by atoms with van der Waals surface area (Å²) in [6.45, 7) is 7.53. The summed E-state index contributed by atoms with van der Waals surface area (Å²) in [5, 5.41) is 14.0. The van der Waals surface area contributed by atoms with Gasteiger partial charge < -0.3 is 24.5 Å². The number of carbonyl (C=O) groups is 1. The number of aromatic nitrogens is 1. The lowest BCUT2D eigenvalue weighted by Crippen LogP contribution is -2.49. The number of rotatable bonds is 4. The van der Waals surface area contributed by atoms with Gasteiger partial charge in [-0.2, -0.15) is 0 Å². The molecule has 7 nitrogen and oxygen atoms in total. The van der Waals surface area contributed by atoms with E-state index in [0.29, 0.717) is 11.6 Å². The number of carbonyl (C=O) groups excluding carboxylic acids is 1. The van der Waals surface area contributed by atoms with Crippen molar-refractivity contribution < 1.29 is 19.1 Å². The zero-order chi connectivity index (χ0) is 22.3. The number of aryl methyl sites for hydroxylation is 1. The average molecular weight is 421 g/mol. The number of amides is 1. The topological polar surface area (TPSA) is 87.8 Å². The Balaban J connectivity index is 1.50. The number of fused-ring (bicyclic) bond motifs is 2. The van der Waals surface area contributed by atoms with E-state index in [9.17, 15) is 9.90 Å². The second-order valence-corrected chi connectivity index (χ2v) is 8.41. The van der Waals surface area contributed by atoms with Crippen LogP contribution in [0.5, 0.6) is 5.75 Å². The van der Waals surface area contributed by atoms with Crippen molar-refractivity contribution in [2.45, 2.75) is 45.6 Å². The summed E-state index contributed by atoms with van der Waals surface area (Å²) < 4.78 is 11.9. The molecule has 0 fully saturated rings. The number of nitrogens with one attached hydrogen (secondary N) is 1. The summed E-state index contributed by atoms with van der Waals surface area (Å²) in [7, 11) is 1.76. The molecule has 0 bridgehead atoms. The molecule has 2 atom stereocenters. The highest BCUT2D eigenvalue weighted by Gasteiger charge is 2.36. The van der Waals surface area contributed by atoms with Crippen LogP contribution in [0.15, 0.2) is 47.0 Å². The number of aliphatic hydroxyl groups is 1. The van der Waals surface area contributed by atoms with Crippen molar-refractivity contribution in [3.8, 4) is 5.75 Å². The number of ether oxygens (including phenoxy) is 1. The van der Waals surface area contributed by atoms with Gasteiger partial charge >= 0.3 is 0 Å². The van der Waals surface area contributed by atoms with Crippen LogP contribution in [0.1, 0.15) is 43.7 Å². The Labute approximate surface area is 181 Å². The first kappa shape index (κ1) is 20.9. The maximum Gasteiger partial charge on any atom is 0.246 e. The fourth-order valence-corrected chi connectivity index (χ4v) is 3.62. The van der Waals surface area contributed by atoms with Crippen LogP contribution in [0.3, 0.4) is 0 Å². The van der Waals surface area contributed by atoms with Crippen molar-refractivity contribution in [3.05, 3.63) is 59.5 Å². The Kier molecular flexibility index (Phi) is 5.23. The minimum Gasteiger partial charge on any atom is -0.479 e. The maximum absolute atomic E-state index is 12.8. The largest absolute Gasteiger partial charge is 0.479 e. The fraction of sp³-hybridized carbons (Fsp3) is 0.333. The van der Waals surface area contributed by atoms with E-state index in [-0.39, 0.29) is 11.9 Å². The SMILES string of the molecule is Cc1c([C@@H](C)N(C)C(=O)/C=C/c2cnc3c(c2)OC(C)(C)C(O)N3)oc2ccccc12. The summed E-state index contributed by atoms with van der Waals surface area (Å²) in [6, 6.07) is 9.43. The van der Waals surface area contributed by atoms with E-state index in [1.807, 2.05) is 38.1 Å². The van der Waals surface area contributed by atoms with E-state index in [1.165, 1.54) is 6.08 Å². The molecule has 0 saturated carbocycles. The van der Waals surface area contributed by atoms with E-state index in [2.05, 4.69) is 10.3 Å². The lowest BCUT2D eigenvalue weighted by molar-refractivity contribution is -0.126. The molecule has 3 heterocycles. The Morgan fingerprint density at radius 1 is 1.35 bits per heavy atom. The summed E-state index contributed by atoms with van der Waals surface area (Å²) in [4.78, 5) is 18.7. The highest BCUT2D eigenvalue weighted by atomic mass is 16.5. The molecule has 1 aromatic carbocycles. The van der Waals surface area contributed by atoms with Crippen molar-refractivity contribution in [1.82, 2.24) is 9.88 Å². The Hall–Kier alpha value is -3.32. The molecule has 1 amide bonds. The number of para-hydroxylation sites is 1. The van der Waals surface area contributed by atoms with Gasteiger partial charge in [0.15, 0.2) is 17.8 Å². The zero-order valence-electron chi connectivity index (χ0n) is 18.3. The molecule has 2 N–H and O–H groups in total. The first-order chi connectivity index (χ1) is 14.7. The third-order valence-corrected chi connectivity index (χ3v) is 5.79. The van der Waals surface area contributed by atoms with Gasteiger partial charge in [-0.25, -0.2) is 4.98 Å². The first-order valence-electron chi connectivity index (χ1n) is 10.2. The Morgan fingerprint density at radius 3 is 2.84 bits per heavy atom. The van der Waals surface area contributed by atoms with Crippen molar-refractivity contribution in [2.24, 2.45) is 0 Å². The number of benzene rings is 1. The summed E-state index contributed by atoms with van der Waals surface area (Å²) in [5.74, 6) is 1.63. The summed E-state index contributed by atoms with van der Waals surface area (Å²) in [5.41, 5.74) is 1.80. The van der Waals surface area contributed by atoms with Crippen molar-refractivity contribution in [1.29, 1.82) is 0 Å². The molecule has 3 aromatic rings. The van der Waals surface area contributed by atoms with Crippen LogP contribution in [-0.2, 0) is 4.79 Å². The van der Waals surface area contributed by atoms with Crippen molar-refractivity contribution in [3.63, 3.8) is 0 Å². The molecule has 2 aromatic heterocycles. The number of aliphatic hydroxyl groups excluding tert-OH is 1. The summed E-state index contributed by atoms with van der Waals surface area (Å²) >= 11 is 0. The number of nitrogens with zero attached hydrogens (tertiary/aromatic N) is 2. The van der Waals surface area contributed by atoms with Crippen LogP contribution in [0.2, 0.25) is 0 Å². The number of hydrogen-bond donors (Lipinski definition) is 2. The third-order valence-electron chi connectivity index (χ3n) is 5.79. The first-order valence-corrected chi connectivity index (χ1v) is 10.2. The van der Waals surface area contributed by atoms with E-state index in [4.69, 9.17) is 9.15 Å². The molecule has 1 unspecified atom stereocenters. The Bertz CT molecular complexity index is 1160. The molecular formula is C24H27N3O4. The molecule has 1 aliphatic heterocycles. The number of hydrogen-bond acceptors (Lipinski definition) is 6. The van der Waals surface area contributed by atoms with E-state index in [0.717, 1.165) is 27.9 Å². The highest BCUT2D eigenvalue weighted by molar-refractivity contribution is 5.92. The van der Waals surface area contributed by atoms with Crippen LogP contribution in [0, 0.1) is 6.92 Å². The van der Waals surface area contributed by atoms with Crippen molar-refractivity contribution >= 4 is 28.8 Å². The molecule has 0 radical (unpaired) electrons. The van der Waals surface area contributed by atoms with Crippen LogP contribution >= 0.6 is 0 Å². The monoisotopic (exact) mass is 421 g/mol. The minimum absolute atomic E-state index is 0.153. The van der Waals surface area contributed by atoms with Crippen LogP contribution in [0.4, 0.5) is 5.82 Å². The third kappa shape index (κ3) is 3.88. The standard InChI is InChI=1S/C24H27N3O4/c1-14-17-8-6-7-9-18(17)30-21(14)15(2)27(5)20(28)11-10-16-12-19-22(25-13-16)26-23(29)24(3,4)31-19/h6-13,15,23,29H,1-5H3,(H,25,26)/b11-10+/t15-,23?/m1/s1. The van der Waals surface area contributed by atoms with Gasteiger partial charge in [-0.3, -0.25) is 4.79 Å². The molecule has 31 heavy (non-hydrogen) atoms. The number of anilines is 1. The minimum atomic E-state index is -0.854. The van der Waals surface area contributed by atoms with E-state index in [1.54, 1.807) is 44.1 Å². The van der Waals surface area contributed by atoms with Crippen LogP contribution in [-0.4, -0.2) is 39.8 Å². The molecular weight excluding hydrogens is 394 g/mol. The predicted molar refractivity (Wildman–Crippen MR) is 120 cm³/mol. The summed E-state index contributed by atoms with van der Waals surface area (Å²) in [6.07, 6.45) is 3.98. The van der Waals surface area contributed by atoms with Crippen LogP contribution in [0.25, 0.3) is 17.0 Å². The molecule has 4 rings (SSSR count). The number of likely N-dealkylation sites (N-methyl/N-ethyl adjacent to an activating group) is 1. The van der Waals surface area contributed by atoms with Gasteiger partial charge in [0.2, 0.25) is 5.91 Å². The number of furan rings is 1. The van der Waals surface area contributed by atoms with Gasteiger partial charge in [-0.05, 0) is 51.5 Å². The fourth-order valence-electron chi connectivity index (χ4n) is 3.62. The van der Waals surface area contributed by atoms with Crippen molar-refractivity contribution in [2.75, 3.05) is 12.4 Å². The molecule has 0 aliphatic carbocycles. The van der Waals surface area contributed by atoms with E-state index >= 15 is 0 Å². The molecule has 0 spiro atoms. The van der Waals surface area contributed by atoms with Gasteiger partial charge in [0, 0.05) is 30.3 Å². The maximum atomic E-state index is 12.8. The van der Waals surface area contributed by atoms with Gasteiger partial charge in [-0.15, -0.1) is 0 Å². The van der Waals surface area contributed by atoms with Crippen LogP contribution < -0.4 is 10.1 Å². The molecule has 1 aliphatic rings. The smallest absolute Gasteiger partial charge is 0.246 e. The average Bonchev–Trinajstić information content (AvgIpc) is 3.08. The van der Waals surface area contributed by atoms with Gasteiger partial charge in [-0.1, -0.05) is 18.2 Å². The quantitative estimate of drug-likeness (QED) is 0.612. The highest BCUT2D eigenvalue weighted by Crippen LogP contribution is 2.35. The van der Waals surface area contributed by atoms with E-state index < -0.39 is 11.8 Å². The molecule has 162 valence electrons. The second kappa shape index (κ2) is 7.74. The second-order valence-electron chi connectivity index (χ2n) is 8.41. The molecule has 0 saturated heterocycles. The molecule has 7 heteroatoms. The number of pyridine rings is 1. The van der Waals surface area contributed by atoms with Gasteiger partial charge in [0.1, 0.15) is 16.9 Å². The normalized spacial score (nSPS) is 18.3. The predicted octanol–water partition coefficient (Wildman–Crippen LogP) is 4.27. The zero-order valence-corrected chi connectivity index (χ0v) is 18.3. The lowest BCUT2D eigenvalue weighted by Gasteiger charge is -2.37. The van der Waals surface area contributed by atoms with Gasteiger partial charge in [0.25, 0.3) is 0 Å². The lowest BCUT2D eigenvalue weighted by atomic mass is 10.1. The Morgan fingerprint density at radius 2 is 2.10 bits per heavy atom. The van der Waals surface area contributed by atoms with Gasteiger partial charge in [0.05, 0.1) is 6.04 Å².